The maximum atomic E-state index is 5.43. The number of ether oxygens (including phenoxy) is 1. The largest absolute Gasteiger partial charge is 0.382 e. The average molecular weight is 521 g/mol. The number of hydrogen-bond donors (Lipinski definition) is 2. The molecule has 1 aliphatic carbocycles. The van der Waals surface area contributed by atoms with Gasteiger partial charge in [0.1, 0.15) is 12.4 Å². The predicted molar refractivity (Wildman–Crippen MR) is 130 cm³/mol. The van der Waals surface area contributed by atoms with E-state index in [1.807, 2.05) is 25.5 Å². The van der Waals surface area contributed by atoms with E-state index in [4.69, 9.17) is 9.73 Å². The third-order valence-electron chi connectivity index (χ3n) is 5.64. The van der Waals surface area contributed by atoms with Gasteiger partial charge < -0.3 is 19.9 Å². The van der Waals surface area contributed by atoms with Gasteiger partial charge in [0.2, 0.25) is 0 Å². The summed E-state index contributed by atoms with van der Waals surface area (Å²) in [5.41, 5.74) is 0. The summed E-state index contributed by atoms with van der Waals surface area (Å²) in [4.78, 5) is 4.75. The molecule has 1 atom stereocenters. The minimum atomic E-state index is 0. The molecule has 1 saturated carbocycles. The molecular formula is C21H41IN6O. The molecular weight excluding hydrogens is 479 g/mol. The molecule has 0 aliphatic heterocycles. The number of aromatic nitrogens is 3. The van der Waals surface area contributed by atoms with Crippen molar-refractivity contribution in [3.05, 3.63) is 11.6 Å². The van der Waals surface area contributed by atoms with E-state index in [0.29, 0.717) is 12.6 Å². The van der Waals surface area contributed by atoms with Crippen LogP contribution in [0.1, 0.15) is 76.9 Å². The van der Waals surface area contributed by atoms with Crippen molar-refractivity contribution < 1.29 is 4.74 Å². The van der Waals surface area contributed by atoms with Gasteiger partial charge in [0.05, 0.1) is 0 Å². The Hall–Kier alpha value is -0.900. The van der Waals surface area contributed by atoms with E-state index < -0.39 is 0 Å². The van der Waals surface area contributed by atoms with Crippen LogP contribution in [0.25, 0.3) is 0 Å². The first kappa shape index (κ1) is 26.1. The van der Waals surface area contributed by atoms with Gasteiger partial charge in [-0.1, -0.05) is 32.1 Å². The van der Waals surface area contributed by atoms with Crippen LogP contribution in [0.3, 0.4) is 0 Å². The van der Waals surface area contributed by atoms with E-state index in [9.17, 15) is 0 Å². The minimum absolute atomic E-state index is 0. The number of halogens is 1. The number of aliphatic imine (C=N–C) groups is 1. The Kier molecular flexibility index (Phi) is 13.5. The van der Waals surface area contributed by atoms with E-state index in [2.05, 4.69) is 27.8 Å². The van der Waals surface area contributed by atoms with Gasteiger partial charge in [0, 0.05) is 32.8 Å². The van der Waals surface area contributed by atoms with Crippen LogP contribution in [0.2, 0.25) is 0 Å². The fourth-order valence-corrected chi connectivity index (χ4v) is 3.68. The molecule has 1 aromatic rings. The molecule has 168 valence electrons. The first-order chi connectivity index (χ1) is 13.6. The second-order valence-electron chi connectivity index (χ2n) is 7.99. The highest BCUT2D eigenvalue weighted by atomic mass is 127. The Labute approximate surface area is 193 Å². The molecule has 7 nitrogen and oxygen atoms in total. The van der Waals surface area contributed by atoms with Crippen LogP contribution >= 0.6 is 24.0 Å². The summed E-state index contributed by atoms with van der Waals surface area (Å²) in [6.07, 6.45) is 10.5. The lowest BCUT2D eigenvalue weighted by Crippen LogP contribution is -2.43. The molecule has 1 unspecified atom stereocenters. The van der Waals surface area contributed by atoms with Gasteiger partial charge in [-0.15, -0.1) is 34.2 Å². The molecule has 1 aromatic heterocycles. The summed E-state index contributed by atoms with van der Waals surface area (Å²) >= 11 is 0. The lowest BCUT2D eigenvalue weighted by Gasteiger charge is -2.24. The summed E-state index contributed by atoms with van der Waals surface area (Å²) in [5, 5.41) is 15.4. The zero-order valence-corrected chi connectivity index (χ0v) is 21.1. The van der Waals surface area contributed by atoms with Crippen molar-refractivity contribution in [2.75, 3.05) is 19.8 Å². The molecule has 0 radical (unpaired) electrons. The average Bonchev–Trinajstić information content (AvgIpc) is 3.03. The van der Waals surface area contributed by atoms with E-state index in [1.165, 1.54) is 44.9 Å². The van der Waals surface area contributed by atoms with Crippen LogP contribution in [-0.2, 0) is 18.3 Å². The molecule has 0 aromatic carbocycles. The van der Waals surface area contributed by atoms with Crippen molar-refractivity contribution in [3.63, 3.8) is 0 Å². The Bertz CT molecular complexity index is 586. The van der Waals surface area contributed by atoms with Crippen molar-refractivity contribution in [2.24, 2.45) is 18.0 Å². The van der Waals surface area contributed by atoms with Crippen molar-refractivity contribution in [3.8, 4) is 0 Å². The SMILES string of the molecule is CCOCCCNC(=NCc1nnc(C)n1C)NC(C)CCC1CCCCC1.I. The zero-order valence-electron chi connectivity index (χ0n) is 18.7. The van der Waals surface area contributed by atoms with E-state index in [0.717, 1.165) is 49.7 Å². The van der Waals surface area contributed by atoms with Crippen LogP contribution in [0.5, 0.6) is 0 Å². The van der Waals surface area contributed by atoms with Crippen LogP contribution in [0.15, 0.2) is 4.99 Å². The fraction of sp³-hybridized carbons (Fsp3) is 0.857. The molecule has 0 saturated heterocycles. The molecule has 0 amide bonds. The minimum Gasteiger partial charge on any atom is -0.382 e. The number of guanidine groups is 1. The second kappa shape index (κ2) is 15.0. The van der Waals surface area contributed by atoms with Gasteiger partial charge in [-0.25, -0.2) is 4.99 Å². The highest BCUT2D eigenvalue weighted by Crippen LogP contribution is 2.27. The van der Waals surface area contributed by atoms with Crippen molar-refractivity contribution in [1.82, 2.24) is 25.4 Å². The Morgan fingerprint density at radius 2 is 2.03 bits per heavy atom. The molecule has 1 fully saturated rings. The summed E-state index contributed by atoms with van der Waals surface area (Å²) in [5.74, 6) is 3.56. The first-order valence-electron chi connectivity index (χ1n) is 11.1. The number of aryl methyl sites for hydroxylation is 1. The summed E-state index contributed by atoms with van der Waals surface area (Å²) in [6.45, 7) is 9.15. The third kappa shape index (κ3) is 10.1. The third-order valence-corrected chi connectivity index (χ3v) is 5.64. The lowest BCUT2D eigenvalue weighted by atomic mass is 9.85. The van der Waals surface area contributed by atoms with E-state index in [1.54, 1.807) is 0 Å². The molecule has 2 N–H and O–H groups in total. The van der Waals surface area contributed by atoms with Gasteiger partial charge in [-0.3, -0.25) is 0 Å². The maximum absolute atomic E-state index is 5.43. The molecule has 1 heterocycles. The summed E-state index contributed by atoms with van der Waals surface area (Å²) in [7, 11) is 1.98. The monoisotopic (exact) mass is 520 g/mol. The van der Waals surface area contributed by atoms with Crippen molar-refractivity contribution in [2.45, 2.75) is 84.7 Å². The number of hydrogen-bond acceptors (Lipinski definition) is 4. The van der Waals surface area contributed by atoms with Gasteiger partial charge >= 0.3 is 0 Å². The van der Waals surface area contributed by atoms with Crippen LogP contribution in [0.4, 0.5) is 0 Å². The molecule has 1 aliphatic rings. The maximum Gasteiger partial charge on any atom is 0.191 e. The Morgan fingerprint density at radius 1 is 1.28 bits per heavy atom. The number of nitrogens with zero attached hydrogens (tertiary/aromatic N) is 4. The topological polar surface area (TPSA) is 76.4 Å². The molecule has 29 heavy (non-hydrogen) atoms. The van der Waals surface area contributed by atoms with Gasteiger partial charge in [0.25, 0.3) is 0 Å². The predicted octanol–water partition coefficient (Wildman–Crippen LogP) is 3.95. The molecule has 0 spiro atoms. The fourth-order valence-electron chi connectivity index (χ4n) is 3.68. The van der Waals surface area contributed by atoms with Gasteiger partial charge in [-0.2, -0.15) is 0 Å². The zero-order chi connectivity index (χ0) is 20.2. The van der Waals surface area contributed by atoms with Crippen LogP contribution < -0.4 is 10.6 Å². The molecule has 0 bridgehead atoms. The lowest BCUT2D eigenvalue weighted by molar-refractivity contribution is 0.145. The summed E-state index contributed by atoms with van der Waals surface area (Å²) in [6, 6.07) is 0.404. The Balaban J connectivity index is 0.00000420. The van der Waals surface area contributed by atoms with Gasteiger partial charge in [0.15, 0.2) is 11.8 Å². The van der Waals surface area contributed by atoms with E-state index in [-0.39, 0.29) is 24.0 Å². The standard InChI is InChI=1S/C21H40N6O.HI/c1-5-28-15-9-14-22-21(23-16-20-26-25-18(3)27(20)4)24-17(2)12-13-19-10-7-6-8-11-19;/h17,19H,5-16H2,1-4H3,(H2,22,23,24);1H. The highest BCUT2D eigenvalue weighted by Gasteiger charge is 2.15. The van der Waals surface area contributed by atoms with Crippen molar-refractivity contribution >= 4 is 29.9 Å². The quantitative estimate of drug-likeness (QED) is 0.200. The number of nitrogens with one attached hydrogen (secondary N) is 2. The smallest absolute Gasteiger partial charge is 0.191 e. The summed E-state index contributed by atoms with van der Waals surface area (Å²) < 4.78 is 7.42. The van der Waals surface area contributed by atoms with E-state index >= 15 is 0 Å². The molecule has 2 rings (SSSR count). The van der Waals surface area contributed by atoms with Crippen LogP contribution in [-0.4, -0.2) is 46.5 Å². The highest BCUT2D eigenvalue weighted by molar-refractivity contribution is 14.0. The Morgan fingerprint density at radius 3 is 2.69 bits per heavy atom. The van der Waals surface area contributed by atoms with Crippen molar-refractivity contribution in [1.29, 1.82) is 0 Å². The van der Waals surface area contributed by atoms with Crippen LogP contribution in [0, 0.1) is 12.8 Å². The molecule has 8 heteroatoms. The normalized spacial score (nSPS) is 16.3. The first-order valence-corrected chi connectivity index (χ1v) is 11.1. The van der Waals surface area contributed by atoms with Gasteiger partial charge in [-0.05, 0) is 46.0 Å². The second-order valence-corrected chi connectivity index (χ2v) is 7.99. The number of rotatable bonds is 11.